The molecule has 1 aliphatic heterocycles. The average molecular weight is 290 g/mol. The van der Waals surface area contributed by atoms with Gasteiger partial charge in [0.25, 0.3) is 0 Å². The molecule has 0 aromatic heterocycles. The van der Waals surface area contributed by atoms with Crippen molar-refractivity contribution in [2.45, 2.75) is 65.1 Å². The van der Waals surface area contributed by atoms with E-state index in [2.05, 4.69) is 63.3 Å². The molecule has 1 rings (SSSR count). The second kappa shape index (κ2) is 10.3. The maximum atomic E-state index is 11.5. The molecule has 0 unspecified atom stereocenters. The molecule has 112 valence electrons. The molecule has 0 aromatic rings. The first-order chi connectivity index (χ1) is 8.17. The molecule has 2 nitrogen and oxygen atoms in total. The molecule has 0 bridgehead atoms. The van der Waals surface area contributed by atoms with Crippen molar-refractivity contribution in [3.05, 3.63) is 0 Å². The van der Waals surface area contributed by atoms with Gasteiger partial charge in [-0.25, -0.2) is 0 Å². The van der Waals surface area contributed by atoms with E-state index in [0.717, 1.165) is 12.8 Å². The SMILES string of the molecule is C.C#CC#CC#C.CN1C(C)(C)CC([O-])CC1(C)C.[2HH].[HH].[HH].[Na+]. The van der Waals surface area contributed by atoms with Gasteiger partial charge in [-0.15, -0.1) is 19.0 Å². The Kier molecular flexibility index (Phi) is 12.7. The van der Waals surface area contributed by atoms with Crippen molar-refractivity contribution in [3.63, 3.8) is 0 Å². The van der Waals surface area contributed by atoms with E-state index in [0.29, 0.717) is 0 Å². The Morgan fingerprint density at radius 3 is 1.65 bits per heavy atom. The monoisotopic (exact) mass is 290 g/mol. The summed E-state index contributed by atoms with van der Waals surface area (Å²) in [6.45, 7) is 8.61. The number of likely N-dealkylation sites (tertiary alicyclic amines) is 1. The Labute approximate surface area is 152 Å². The van der Waals surface area contributed by atoms with E-state index >= 15 is 0 Å². The molecule has 1 fully saturated rings. The van der Waals surface area contributed by atoms with Gasteiger partial charge in [-0.2, -0.15) is 0 Å². The number of nitrogens with zero attached hydrogens (tertiary/aromatic N) is 1. The van der Waals surface area contributed by atoms with Crippen molar-refractivity contribution in [3.8, 4) is 36.5 Å². The van der Waals surface area contributed by atoms with Gasteiger partial charge in [0.2, 0.25) is 0 Å². The summed E-state index contributed by atoms with van der Waals surface area (Å²) in [6, 6.07) is 0. The van der Waals surface area contributed by atoms with Gasteiger partial charge in [0.05, 0.1) is 0 Å². The van der Waals surface area contributed by atoms with E-state index in [1.54, 1.807) is 0 Å². The number of hydrogen-bond donors (Lipinski definition) is 0. The van der Waals surface area contributed by atoms with Crippen LogP contribution in [0.15, 0.2) is 0 Å². The van der Waals surface area contributed by atoms with Crippen LogP contribution in [0.25, 0.3) is 0 Å². The first-order valence-corrected chi connectivity index (χ1v) is 5.98. The van der Waals surface area contributed by atoms with Gasteiger partial charge in [-0.05, 0) is 71.3 Å². The van der Waals surface area contributed by atoms with Gasteiger partial charge in [0.15, 0.2) is 0 Å². The Morgan fingerprint density at radius 1 is 1.10 bits per heavy atom. The second-order valence-corrected chi connectivity index (χ2v) is 5.75. The van der Waals surface area contributed by atoms with E-state index in [1.165, 1.54) is 0 Å². The fourth-order valence-electron chi connectivity index (χ4n) is 2.35. The summed E-state index contributed by atoms with van der Waals surface area (Å²) >= 11 is 0. The smallest absolute Gasteiger partial charge is 0.852 e. The Bertz CT molecular complexity index is 392. The van der Waals surface area contributed by atoms with Crippen LogP contribution in [0.1, 0.15) is 52.2 Å². The normalized spacial score (nSPS) is 19.2. The molecule has 0 spiro atoms. The van der Waals surface area contributed by atoms with Gasteiger partial charge in [-0.3, -0.25) is 4.90 Å². The van der Waals surface area contributed by atoms with Gasteiger partial charge >= 0.3 is 29.6 Å². The predicted molar refractivity (Wildman–Crippen MR) is 87.5 cm³/mol. The van der Waals surface area contributed by atoms with Crippen molar-refractivity contribution in [2.24, 2.45) is 0 Å². The van der Waals surface area contributed by atoms with Crippen LogP contribution in [0, 0.1) is 36.5 Å². The van der Waals surface area contributed by atoms with Crippen molar-refractivity contribution in [1.82, 2.24) is 4.90 Å². The molecule has 0 radical (unpaired) electrons. The molecule has 1 saturated heterocycles. The van der Waals surface area contributed by atoms with Crippen LogP contribution in [-0.4, -0.2) is 29.1 Å². The molecule has 0 N–H and O–H groups in total. The van der Waals surface area contributed by atoms with E-state index < -0.39 is 0 Å². The van der Waals surface area contributed by atoms with Gasteiger partial charge in [0, 0.05) is 15.4 Å². The fraction of sp³-hybridized carbons (Fsp3) is 0.647. The second-order valence-electron chi connectivity index (χ2n) is 5.75. The predicted octanol–water partition coefficient (Wildman–Crippen LogP) is -0.368. The van der Waals surface area contributed by atoms with Crippen molar-refractivity contribution in [1.29, 1.82) is 0 Å². The third kappa shape index (κ3) is 8.01. The summed E-state index contributed by atoms with van der Waals surface area (Å²) in [5.74, 6) is 8.61. The zero-order chi connectivity index (χ0) is 14.4. The van der Waals surface area contributed by atoms with Gasteiger partial charge < -0.3 is 5.11 Å². The van der Waals surface area contributed by atoms with E-state index in [-0.39, 0.29) is 58.4 Å². The Morgan fingerprint density at radius 2 is 1.40 bits per heavy atom. The molecule has 1 aliphatic rings. The summed E-state index contributed by atoms with van der Waals surface area (Å²) in [4.78, 5) is 2.33. The minimum absolute atomic E-state index is 0. The summed E-state index contributed by atoms with van der Waals surface area (Å²) in [7, 11) is 2.12. The third-order valence-electron chi connectivity index (χ3n) is 3.48. The fourth-order valence-corrected chi connectivity index (χ4v) is 2.35. The van der Waals surface area contributed by atoms with Crippen molar-refractivity contribution in [2.75, 3.05) is 7.05 Å². The molecular formula is C17H32NNaO. The number of piperidine rings is 1. The Hall–Kier alpha value is -0.400. The maximum absolute atomic E-state index is 11.5. The van der Waals surface area contributed by atoms with Crippen LogP contribution in [0.3, 0.4) is 0 Å². The first-order valence-electron chi connectivity index (χ1n) is 5.98. The summed E-state index contributed by atoms with van der Waals surface area (Å²) in [5.41, 5.74) is 0.127. The first kappa shape index (κ1) is 24.6. The quantitative estimate of drug-likeness (QED) is 0.450. The van der Waals surface area contributed by atoms with Crippen LogP contribution in [-0.2, 0) is 0 Å². The number of rotatable bonds is 0. The zero-order valence-corrected chi connectivity index (χ0v) is 15.0. The van der Waals surface area contributed by atoms with Crippen molar-refractivity contribution < 1.29 is 38.9 Å². The van der Waals surface area contributed by atoms with Gasteiger partial charge in [0.1, 0.15) is 0 Å². The molecule has 0 aliphatic carbocycles. The standard InChI is InChI=1S/C10H20NO.C6H2.CH4.Na.3H2/c1-9(2)6-8(12)7-10(3,4)11(9)5;1-3-5-6-4-2;;;;;/h8H,6-7H2,1-5H3;1-2H;1H4;;3*1H/q-1;;;+1;;;/i;;;;1+1;;. The van der Waals surface area contributed by atoms with Crippen LogP contribution in [0.2, 0.25) is 0 Å². The minimum Gasteiger partial charge on any atom is -0.852 e. The topological polar surface area (TPSA) is 26.3 Å². The molecular weight excluding hydrogens is 257 g/mol. The largest absolute Gasteiger partial charge is 1.00 e. The number of terminal acetylenes is 2. The molecule has 0 atom stereocenters. The molecule has 3 heteroatoms. The molecule has 0 amide bonds. The van der Waals surface area contributed by atoms with E-state index in [1.807, 2.05) is 0 Å². The molecule has 0 aromatic carbocycles. The average Bonchev–Trinajstić information content (AvgIpc) is 2.22. The Balaban J connectivity index is -0.0000000589. The van der Waals surface area contributed by atoms with Crippen LogP contribution in [0.5, 0.6) is 0 Å². The van der Waals surface area contributed by atoms with Gasteiger partial charge in [-0.1, -0.05) is 7.43 Å². The molecule has 20 heavy (non-hydrogen) atoms. The summed E-state index contributed by atoms with van der Waals surface area (Å²) < 4.78 is 0. The minimum atomic E-state index is -0.383. The van der Waals surface area contributed by atoms with E-state index in [9.17, 15) is 5.11 Å². The van der Waals surface area contributed by atoms with Crippen molar-refractivity contribution >= 4 is 0 Å². The molecule has 1 heterocycles. The summed E-state index contributed by atoms with van der Waals surface area (Å²) in [5, 5.41) is 11.5. The summed E-state index contributed by atoms with van der Waals surface area (Å²) in [6.07, 6.45) is 10.5. The third-order valence-corrected chi connectivity index (χ3v) is 3.48. The van der Waals surface area contributed by atoms with Crippen LogP contribution >= 0.6 is 0 Å². The number of hydrogen-bond acceptors (Lipinski definition) is 2. The zero-order valence-electron chi connectivity index (χ0n) is 13.0. The molecule has 0 saturated carbocycles. The van der Waals surface area contributed by atoms with Crippen LogP contribution in [0.4, 0.5) is 0 Å². The van der Waals surface area contributed by atoms with Crippen LogP contribution < -0.4 is 34.7 Å². The van der Waals surface area contributed by atoms with E-state index in [4.69, 9.17) is 12.8 Å². The maximum Gasteiger partial charge on any atom is 1.00 e.